The highest BCUT2D eigenvalue weighted by Gasteiger charge is 2.41. The largest absolute Gasteiger partial charge is 0.333 e. The van der Waals surface area contributed by atoms with Crippen molar-refractivity contribution in [2.75, 3.05) is 0 Å². The molecule has 0 aromatic heterocycles. The number of carbonyl (C=O) groups excluding carboxylic acids is 1. The molecule has 22 heavy (non-hydrogen) atoms. The predicted octanol–water partition coefficient (Wildman–Crippen LogP) is 5.29. The van der Waals surface area contributed by atoms with Gasteiger partial charge in [-0.1, -0.05) is 59.6 Å². The van der Waals surface area contributed by atoms with E-state index in [1.54, 1.807) is 0 Å². The highest BCUT2D eigenvalue weighted by Crippen LogP contribution is 2.39. The molecule has 4 unspecified atom stereocenters. The first-order valence-electron chi connectivity index (χ1n) is 9.32. The summed E-state index contributed by atoms with van der Waals surface area (Å²) in [7, 11) is 0. The molecule has 0 aliphatic carbocycles. The first kappa shape index (κ1) is 19.3. The van der Waals surface area contributed by atoms with Gasteiger partial charge >= 0.3 is 0 Å². The van der Waals surface area contributed by atoms with Crippen molar-refractivity contribution in [1.29, 1.82) is 0 Å². The van der Waals surface area contributed by atoms with Gasteiger partial charge in [0, 0.05) is 12.0 Å². The number of carbonyl (C=O) groups is 1. The van der Waals surface area contributed by atoms with Crippen LogP contribution in [0.25, 0.3) is 0 Å². The lowest BCUT2D eigenvalue weighted by Crippen LogP contribution is -2.49. The molecule has 0 saturated carbocycles. The third kappa shape index (κ3) is 3.75. The Kier molecular flexibility index (Phi) is 7.15. The van der Waals surface area contributed by atoms with Gasteiger partial charge in [-0.25, -0.2) is 0 Å². The summed E-state index contributed by atoms with van der Waals surface area (Å²) in [6, 6.07) is 0.502. The maximum atomic E-state index is 13.4. The highest BCUT2D eigenvalue weighted by atomic mass is 16.2. The summed E-state index contributed by atoms with van der Waals surface area (Å²) < 4.78 is 0. The van der Waals surface area contributed by atoms with E-state index < -0.39 is 0 Å². The van der Waals surface area contributed by atoms with Crippen molar-refractivity contribution in [3.05, 3.63) is 11.6 Å². The molecule has 0 aromatic carbocycles. The molecule has 2 nitrogen and oxygen atoms in total. The first-order chi connectivity index (χ1) is 10.3. The van der Waals surface area contributed by atoms with Crippen molar-refractivity contribution >= 4 is 5.91 Å². The molecule has 128 valence electrons. The van der Waals surface area contributed by atoms with Gasteiger partial charge in [0.05, 0.1) is 6.04 Å². The minimum atomic E-state index is 0.146. The molecule has 0 radical (unpaired) electrons. The number of hydrogen-bond donors (Lipinski definition) is 0. The summed E-state index contributed by atoms with van der Waals surface area (Å²) in [6.45, 7) is 17.8. The maximum Gasteiger partial charge on any atom is 0.227 e. The monoisotopic (exact) mass is 307 g/mol. The first-order valence-corrected chi connectivity index (χ1v) is 9.32. The van der Waals surface area contributed by atoms with Gasteiger partial charge in [0.25, 0.3) is 0 Å². The second kappa shape index (κ2) is 8.17. The van der Waals surface area contributed by atoms with Gasteiger partial charge in [0.15, 0.2) is 0 Å². The summed E-state index contributed by atoms with van der Waals surface area (Å²) in [6.07, 6.45) is 5.63. The molecule has 1 aliphatic heterocycles. The van der Waals surface area contributed by atoms with Crippen LogP contribution in [-0.2, 0) is 4.79 Å². The van der Waals surface area contributed by atoms with Crippen LogP contribution in [0.3, 0.4) is 0 Å². The van der Waals surface area contributed by atoms with Crippen LogP contribution >= 0.6 is 0 Å². The fourth-order valence-corrected chi connectivity index (χ4v) is 4.05. The van der Waals surface area contributed by atoms with Crippen LogP contribution in [-0.4, -0.2) is 22.9 Å². The zero-order valence-corrected chi connectivity index (χ0v) is 16.0. The SMILES string of the molecule is CCC1=CC(C(C)C)N(C(C)C)C(=O)C(C(C)CC)C1CC. The van der Waals surface area contributed by atoms with E-state index in [0.29, 0.717) is 23.7 Å². The summed E-state index contributed by atoms with van der Waals surface area (Å²) in [5, 5.41) is 0. The van der Waals surface area contributed by atoms with Gasteiger partial charge in [-0.15, -0.1) is 0 Å². The fraction of sp³-hybridized carbons (Fsp3) is 0.850. The predicted molar refractivity (Wildman–Crippen MR) is 95.7 cm³/mol. The Morgan fingerprint density at radius 3 is 2.05 bits per heavy atom. The van der Waals surface area contributed by atoms with Gasteiger partial charge < -0.3 is 4.90 Å². The van der Waals surface area contributed by atoms with Gasteiger partial charge in [-0.3, -0.25) is 4.79 Å². The van der Waals surface area contributed by atoms with Gasteiger partial charge in [-0.05, 0) is 44.4 Å². The number of nitrogens with zero attached hydrogens (tertiary/aromatic N) is 1. The Labute approximate surface area is 138 Å². The topological polar surface area (TPSA) is 20.3 Å². The number of allylic oxidation sites excluding steroid dienone is 1. The van der Waals surface area contributed by atoms with Gasteiger partial charge in [-0.2, -0.15) is 0 Å². The lowest BCUT2D eigenvalue weighted by Gasteiger charge is -2.38. The lowest BCUT2D eigenvalue weighted by atomic mass is 9.75. The Morgan fingerprint density at radius 1 is 1.09 bits per heavy atom. The molecule has 0 fully saturated rings. The lowest BCUT2D eigenvalue weighted by molar-refractivity contribution is -0.142. The van der Waals surface area contributed by atoms with E-state index in [0.717, 1.165) is 19.3 Å². The second-order valence-corrected chi connectivity index (χ2v) is 7.60. The Hall–Kier alpha value is -0.790. The van der Waals surface area contributed by atoms with Crippen molar-refractivity contribution < 1.29 is 4.79 Å². The third-order valence-corrected chi connectivity index (χ3v) is 5.50. The van der Waals surface area contributed by atoms with Crippen molar-refractivity contribution in [1.82, 2.24) is 4.90 Å². The average Bonchev–Trinajstić information content (AvgIpc) is 2.59. The van der Waals surface area contributed by atoms with E-state index in [2.05, 4.69) is 66.4 Å². The zero-order chi connectivity index (χ0) is 17.0. The van der Waals surface area contributed by atoms with Gasteiger partial charge in [0.2, 0.25) is 5.91 Å². The average molecular weight is 308 g/mol. The summed E-state index contributed by atoms with van der Waals surface area (Å²) in [4.78, 5) is 15.6. The van der Waals surface area contributed by atoms with E-state index in [9.17, 15) is 4.79 Å². The summed E-state index contributed by atoms with van der Waals surface area (Å²) in [5.41, 5.74) is 1.50. The molecule has 0 spiro atoms. The highest BCUT2D eigenvalue weighted by molar-refractivity contribution is 5.81. The molecule has 0 N–H and O–H groups in total. The third-order valence-electron chi connectivity index (χ3n) is 5.50. The molecule has 0 aromatic rings. The zero-order valence-electron chi connectivity index (χ0n) is 16.0. The Morgan fingerprint density at radius 2 is 1.68 bits per heavy atom. The molecule has 0 bridgehead atoms. The number of amides is 1. The quantitative estimate of drug-likeness (QED) is 0.611. The molecular weight excluding hydrogens is 270 g/mol. The van der Waals surface area contributed by atoms with Crippen molar-refractivity contribution in [2.24, 2.45) is 23.7 Å². The van der Waals surface area contributed by atoms with Crippen LogP contribution in [0.1, 0.15) is 74.7 Å². The van der Waals surface area contributed by atoms with E-state index in [4.69, 9.17) is 0 Å². The standard InChI is InChI=1S/C20H37NO/c1-9-15(8)19-17(11-3)16(10-2)12-18(13(4)5)21(14(6)7)20(19)22/h12-15,17-19H,9-11H2,1-8H3. The normalized spacial score (nSPS) is 28.1. The Balaban J connectivity index is 3.43. The van der Waals surface area contributed by atoms with Crippen molar-refractivity contribution in [3.8, 4) is 0 Å². The molecule has 4 atom stereocenters. The van der Waals surface area contributed by atoms with Crippen molar-refractivity contribution in [3.63, 3.8) is 0 Å². The summed E-state index contributed by atoms with van der Waals surface area (Å²) >= 11 is 0. The maximum absolute atomic E-state index is 13.4. The number of rotatable bonds is 6. The van der Waals surface area contributed by atoms with Crippen LogP contribution in [0.4, 0.5) is 0 Å². The minimum absolute atomic E-state index is 0.146. The van der Waals surface area contributed by atoms with E-state index >= 15 is 0 Å². The molecule has 1 amide bonds. The van der Waals surface area contributed by atoms with Crippen LogP contribution in [0.2, 0.25) is 0 Å². The number of hydrogen-bond acceptors (Lipinski definition) is 1. The summed E-state index contributed by atoms with van der Waals surface area (Å²) in [5.74, 6) is 1.85. The molecule has 1 rings (SSSR count). The fourth-order valence-electron chi connectivity index (χ4n) is 4.05. The van der Waals surface area contributed by atoms with E-state index in [1.807, 2.05) is 0 Å². The minimum Gasteiger partial charge on any atom is -0.333 e. The molecule has 0 saturated heterocycles. The van der Waals surface area contributed by atoms with Crippen molar-refractivity contribution in [2.45, 2.75) is 86.7 Å². The van der Waals surface area contributed by atoms with Crippen LogP contribution in [0, 0.1) is 23.7 Å². The van der Waals surface area contributed by atoms with Crippen LogP contribution in [0.5, 0.6) is 0 Å². The van der Waals surface area contributed by atoms with Crippen LogP contribution < -0.4 is 0 Å². The Bertz CT molecular complexity index is 397. The molecule has 1 aliphatic rings. The second-order valence-electron chi connectivity index (χ2n) is 7.60. The van der Waals surface area contributed by atoms with E-state index in [1.165, 1.54) is 5.57 Å². The molecular formula is C20H37NO. The van der Waals surface area contributed by atoms with Gasteiger partial charge in [0.1, 0.15) is 0 Å². The van der Waals surface area contributed by atoms with Crippen LogP contribution in [0.15, 0.2) is 11.6 Å². The molecule has 2 heteroatoms. The smallest absolute Gasteiger partial charge is 0.227 e. The molecule has 1 heterocycles. The van der Waals surface area contributed by atoms with E-state index in [-0.39, 0.29) is 18.0 Å².